The second-order valence-corrected chi connectivity index (χ2v) is 23.1. The van der Waals surface area contributed by atoms with E-state index in [9.17, 15) is 34.5 Å². The Balaban J connectivity index is 2.66. The molecule has 1 saturated heterocycles. The van der Waals surface area contributed by atoms with Gasteiger partial charge < -0.3 is 39.0 Å². The number of esters is 3. The summed E-state index contributed by atoms with van der Waals surface area (Å²) in [7, 11) is 0. The van der Waals surface area contributed by atoms with Gasteiger partial charge in [0.15, 0.2) is 24.6 Å². The van der Waals surface area contributed by atoms with Crippen LogP contribution in [0.25, 0.3) is 0 Å². The number of hydrogen-bond acceptors (Lipinski definition) is 11. The van der Waals surface area contributed by atoms with Crippen LogP contribution in [-0.2, 0) is 42.9 Å². The number of aliphatic hydroxyl groups is 2. The van der Waals surface area contributed by atoms with Crippen molar-refractivity contribution >= 4 is 23.9 Å². The largest absolute Gasteiger partial charge is 0.479 e. The van der Waals surface area contributed by atoms with E-state index in [2.05, 4.69) is 93.7 Å². The molecule has 0 aliphatic carbocycles. The van der Waals surface area contributed by atoms with Crippen molar-refractivity contribution in [3.05, 3.63) is 72.9 Å². The van der Waals surface area contributed by atoms with Gasteiger partial charge in [0.05, 0.1) is 6.61 Å². The molecule has 0 saturated carbocycles. The fourth-order valence-corrected chi connectivity index (χ4v) is 10.1. The van der Waals surface area contributed by atoms with E-state index in [-0.39, 0.29) is 25.9 Å². The molecule has 1 rings (SSSR count). The first-order valence-corrected chi connectivity index (χ1v) is 33.9. The van der Waals surface area contributed by atoms with Crippen molar-refractivity contribution < 1.29 is 58.2 Å². The van der Waals surface area contributed by atoms with Crippen LogP contribution in [0, 0.1) is 0 Å². The second kappa shape index (κ2) is 58.5. The molecule has 0 radical (unpaired) electrons. The molecule has 1 aliphatic rings. The van der Waals surface area contributed by atoms with Gasteiger partial charge in [-0.05, 0) is 109 Å². The van der Waals surface area contributed by atoms with Crippen LogP contribution in [0.15, 0.2) is 72.9 Å². The normalized spacial score (nSPS) is 18.0. The van der Waals surface area contributed by atoms with E-state index in [1.54, 1.807) is 0 Å². The summed E-state index contributed by atoms with van der Waals surface area (Å²) in [6, 6.07) is 0. The molecule has 6 atom stereocenters. The second-order valence-electron chi connectivity index (χ2n) is 23.1. The maximum atomic E-state index is 13.2. The minimum atomic E-state index is -1.91. The van der Waals surface area contributed by atoms with E-state index in [0.29, 0.717) is 19.3 Å². The standard InChI is InChI=1S/C71H122O12/c1-4-7-10-13-16-19-22-25-28-31-32-35-36-39-42-45-48-51-54-57-63(72)79-60-62(81-64(73)58-55-52-49-46-43-40-37-33-29-26-23-20-17-14-11-8-5-2)61-80-71-69(67(76)66(75)68(83-71)70(77)78)82-65(74)59-56-53-50-47-44-41-38-34-30-27-24-21-18-15-12-9-6-3/h8,11,17,20,25-30,37,40,62,66-69,71,75-76H,4-7,9-10,12-16,18-19,21-24,31-36,38-39,41-61H2,1-3H3,(H,77,78)/b11-8-,20-17-,28-25-,29-26-,30-27-,40-37-. The summed E-state index contributed by atoms with van der Waals surface area (Å²) in [6.45, 7) is 5.89. The summed E-state index contributed by atoms with van der Waals surface area (Å²) in [5, 5.41) is 31.6. The molecule has 0 aromatic carbocycles. The minimum absolute atomic E-state index is 0.0517. The Kier molecular flexibility index (Phi) is 54.4. The van der Waals surface area contributed by atoms with Gasteiger partial charge in [-0.1, -0.05) is 248 Å². The van der Waals surface area contributed by atoms with Crippen LogP contribution in [-0.4, -0.2) is 89.2 Å². The van der Waals surface area contributed by atoms with E-state index >= 15 is 0 Å². The van der Waals surface area contributed by atoms with E-state index in [4.69, 9.17) is 23.7 Å². The number of carboxylic acid groups (broad SMARTS) is 1. The number of unbranched alkanes of at least 4 members (excludes halogenated alkanes) is 32. The lowest BCUT2D eigenvalue weighted by Crippen LogP contribution is -2.61. The number of allylic oxidation sites excluding steroid dienone is 12. The smallest absolute Gasteiger partial charge is 0.335 e. The third-order valence-corrected chi connectivity index (χ3v) is 15.2. The first kappa shape index (κ1) is 77.2. The van der Waals surface area contributed by atoms with E-state index in [1.807, 2.05) is 0 Å². The Labute approximate surface area is 506 Å². The van der Waals surface area contributed by atoms with Gasteiger partial charge in [-0.15, -0.1) is 0 Å². The number of carboxylic acids is 1. The fraction of sp³-hybridized carbons (Fsp3) is 0.775. The molecule has 83 heavy (non-hydrogen) atoms. The maximum Gasteiger partial charge on any atom is 0.335 e. The molecule has 478 valence electrons. The number of ether oxygens (including phenoxy) is 5. The lowest BCUT2D eigenvalue weighted by Gasteiger charge is -2.40. The zero-order chi connectivity index (χ0) is 60.3. The molecule has 0 aromatic rings. The van der Waals surface area contributed by atoms with Crippen LogP contribution < -0.4 is 0 Å². The van der Waals surface area contributed by atoms with Gasteiger partial charge in [0.1, 0.15) is 18.8 Å². The third-order valence-electron chi connectivity index (χ3n) is 15.2. The number of carbonyl (C=O) groups is 4. The van der Waals surface area contributed by atoms with Gasteiger partial charge in [0.2, 0.25) is 0 Å². The molecule has 1 heterocycles. The van der Waals surface area contributed by atoms with E-state index < -0.39 is 67.3 Å². The molecule has 0 bridgehead atoms. The fourth-order valence-electron chi connectivity index (χ4n) is 10.1. The Morgan fingerprint density at radius 1 is 0.410 bits per heavy atom. The minimum Gasteiger partial charge on any atom is -0.479 e. The van der Waals surface area contributed by atoms with Crippen LogP contribution in [0.3, 0.4) is 0 Å². The zero-order valence-electron chi connectivity index (χ0n) is 52.9. The van der Waals surface area contributed by atoms with Crippen molar-refractivity contribution in [1.29, 1.82) is 0 Å². The average Bonchev–Trinajstić information content (AvgIpc) is 3.59. The number of aliphatic hydroxyl groups excluding tert-OH is 2. The Morgan fingerprint density at radius 3 is 1.17 bits per heavy atom. The molecule has 3 N–H and O–H groups in total. The number of rotatable bonds is 58. The Morgan fingerprint density at radius 2 is 0.759 bits per heavy atom. The molecule has 0 spiro atoms. The summed E-state index contributed by atoms with van der Waals surface area (Å²) < 4.78 is 28.6. The number of hydrogen-bond donors (Lipinski definition) is 3. The van der Waals surface area contributed by atoms with Gasteiger partial charge in [-0.3, -0.25) is 14.4 Å². The summed E-state index contributed by atoms with van der Waals surface area (Å²) in [5.74, 6) is -3.14. The highest BCUT2D eigenvalue weighted by Gasteiger charge is 2.50. The van der Waals surface area contributed by atoms with Crippen molar-refractivity contribution in [2.75, 3.05) is 13.2 Å². The molecule has 12 heteroatoms. The van der Waals surface area contributed by atoms with Crippen LogP contribution >= 0.6 is 0 Å². The highest BCUT2D eigenvalue weighted by Crippen LogP contribution is 2.27. The molecule has 0 amide bonds. The molecule has 6 unspecified atom stereocenters. The topological polar surface area (TPSA) is 175 Å². The van der Waals surface area contributed by atoms with Gasteiger partial charge in [0.25, 0.3) is 0 Å². The first-order valence-electron chi connectivity index (χ1n) is 33.9. The van der Waals surface area contributed by atoms with Gasteiger partial charge in [-0.25, -0.2) is 4.79 Å². The SMILES string of the molecule is CC/C=C\C/C=C\C/C=C\C/C=C\CCCCCCC(=O)OC(COC(=O)CCCCCCCCCCC/C=C\CCCCCCCC)COC1OC(C(=O)O)C(O)C(O)C1OC(=O)CCCCCCCCC/C=C\CCCCCCCC. The van der Waals surface area contributed by atoms with Crippen LogP contribution in [0.4, 0.5) is 0 Å². The predicted molar refractivity (Wildman–Crippen MR) is 340 cm³/mol. The lowest BCUT2D eigenvalue weighted by molar-refractivity contribution is -0.301. The molecule has 0 aromatic heterocycles. The predicted octanol–water partition coefficient (Wildman–Crippen LogP) is 18.5. The summed E-state index contributed by atoms with van der Waals surface area (Å²) >= 11 is 0. The molecule has 1 aliphatic heterocycles. The van der Waals surface area contributed by atoms with Crippen molar-refractivity contribution in [2.24, 2.45) is 0 Å². The van der Waals surface area contributed by atoms with Crippen molar-refractivity contribution in [1.82, 2.24) is 0 Å². The van der Waals surface area contributed by atoms with Gasteiger partial charge in [-0.2, -0.15) is 0 Å². The highest BCUT2D eigenvalue weighted by atomic mass is 16.7. The summed E-state index contributed by atoms with van der Waals surface area (Å²) in [4.78, 5) is 51.4. The van der Waals surface area contributed by atoms with Crippen molar-refractivity contribution in [3.8, 4) is 0 Å². The zero-order valence-corrected chi connectivity index (χ0v) is 52.9. The highest BCUT2D eigenvalue weighted by molar-refractivity contribution is 5.74. The van der Waals surface area contributed by atoms with Crippen LogP contribution in [0.5, 0.6) is 0 Å². The number of aliphatic carboxylic acids is 1. The van der Waals surface area contributed by atoms with Gasteiger partial charge in [0, 0.05) is 19.3 Å². The molecular formula is C71H122O12. The van der Waals surface area contributed by atoms with Crippen LogP contribution in [0.1, 0.15) is 303 Å². The monoisotopic (exact) mass is 1170 g/mol. The quantitative estimate of drug-likeness (QED) is 0.0228. The number of carbonyl (C=O) groups excluding carboxylic acids is 3. The summed E-state index contributed by atoms with van der Waals surface area (Å²) in [5.41, 5.74) is 0. The van der Waals surface area contributed by atoms with Crippen molar-refractivity contribution in [2.45, 2.75) is 340 Å². The van der Waals surface area contributed by atoms with Crippen LogP contribution in [0.2, 0.25) is 0 Å². The Hall–Kier alpha value is -3.84. The maximum absolute atomic E-state index is 13.2. The average molecular weight is 1170 g/mol. The van der Waals surface area contributed by atoms with Crippen molar-refractivity contribution in [3.63, 3.8) is 0 Å². The van der Waals surface area contributed by atoms with E-state index in [0.717, 1.165) is 103 Å². The molecule has 1 fully saturated rings. The Bertz CT molecular complexity index is 1720. The van der Waals surface area contributed by atoms with Gasteiger partial charge >= 0.3 is 23.9 Å². The third kappa shape index (κ3) is 48.0. The summed E-state index contributed by atoms with van der Waals surface area (Å²) in [6.07, 6.45) is 62.8. The lowest BCUT2D eigenvalue weighted by atomic mass is 9.98. The first-order chi connectivity index (χ1) is 40.6. The molecule has 12 nitrogen and oxygen atoms in total. The van der Waals surface area contributed by atoms with E-state index in [1.165, 1.54) is 141 Å². The molecular weight excluding hydrogens is 1040 g/mol.